The van der Waals surface area contributed by atoms with Gasteiger partial charge in [-0.2, -0.15) is 0 Å². The maximum atomic E-state index is 12.9. The van der Waals surface area contributed by atoms with Crippen LogP contribution in [0.3, 0.4) is 0 Å². The number of hydrogen-bond donors (Lipinski definition) is 1. The van der Waals surface area contributed by atoms with Gasteiger partial charge in [-0.05, 0) is 80.6 Å². The summed E-state index contributed by atoms with van der Waals surface area (Å²) in [6.45, 7) is 10.2. The fourth-order valence-electron chi connectivity index (χ4n) is 2.67. The van der Waals surface area contributed by atoms with Gasteiger partial charge in [0.05, 0.1) is 10.7 Å². The maximum absolute atomic E-state index is 12.9. The minimum Gasteiger partial charge on any atom is -0.398 e. The Kier molecular flexibility index (Phi) is 4.11. The summed E-state index contributed by atoms with van der Waals surface area (Å²) in [5, 5.41) is 0.469. The van der Waals surface area contributed by atoms with Gasteiger partial charge in [-0.3, -0.25) is 4.79 Å². The number of halogens is 1. The van der Waals surface area contributed by atoms with Crippen LogP contribution in [-0.4, -0.2) is 5.78 Å². The lowest BCUT2D eigenvalue weighted by molar-refractivity contribution is 0.103. The second-order valence-electron chi connectivity index (χ2n) is 5.57. The van der Waals surface area contributed by atoms with E-state index in [-0.39, 0.29) is 5.78 Å². The molecule has 2 aromatic carbocycles. The quantitative estimate of drug-likeness (QED) is 0.645. The zero-order valence-electron chi connectivity index (χ0n) is 13.1. The van der Waals surface area contributed by atoms with E-state index in [4.69, 9.17) is 17.3 Å². The number of rotatable bonds is 2. The Labute approximate surface area is 130 Å². The molecule has 0 aromatic heterocycles. The number of benzene rings is 2. The number of nitrogens with two attached hydrogens (primary N) is 1. The predicted molar refractivity (Wildman–Crippen MR) is 89.4 cm³/mol. The molecule has 3 heteroatoms. The number of ketones is 1. The monoisotopic (exact) mass is 301 g/mol. The van der Waals surface area contributed by atoms with E-state index >= 15 is 0 Å². The SMILES string of the molecule is Cc1c(C)c(C)c(C(=O)c2ccc(Cl)c(N)c2)c(C)c1C. The van der Waals surface area contributed by atoms with E-state index in [9.17, 15) is 4.79 Å². The smallest absolute Gasteiger partial charge is 0.193 e. The number of hydrogen-bond acceptors (Lipinski definition) is 2. The van der Waals surface area contributed by atoms with Crippen molar-refractivity contribution < 1.29 is 4.79 Å². The van der Waals surface area contributed by atoms with Crippen molar-refractivity contribution in [3.05, 3.63) is 62.2 Å². The van der Waals surface area contributed by atoms with Crippen molar-refractivity contribution in [1.29, 1.82) is 0 Å². The van der Waals surface area contributed by atoms with E-state index in [1.807, 2.05) is 13.8 Å². The van der Waals surface area contributed by atoms with Crippen molar-refractivity contribution in [2.24, 2.45) is 0 Å². The van der Waals surface area contributed by atoms with Crippen molar-refractivity contribution >= 4 is 23.1 Å². The topological polar surface area (TPSA) is 43.1 Å². The third kappa shape index (κ3) is 2.56. The largest absolute Gasteiger partial charge is 0.398 e. The molecule has 2 N–H and O–H groups in total. The summed E-state index contributed by atoms with van der Waals surface area (Å²) >= 11 is 5.93. The van der Waals surface area contributed by atoms with E-state index < -0.39 is 0 Å². The Morgan fingerprint density at radius 3 is 1.86 bits per heavy atom. The second-order valence-corrected chi connectivity index (χ2v) is 5.97. The molecule has 0 radical (unpaired) electrons. The Morgan fingerprint density at radius 2 is 1.38 bits per heavy atom. The van der Waals surface area contributed by atoms with Crippen molar-refractivity contribution in [2.45, 2.75) is 34.6 Å². The minimum atomic E-state index is -0.000401. The van der Waals surface area contributed by atoms with Crippen LogP contribution in [0.5, 0.6) is 0 Å². The fourth-order valence-corrected chi connectivity index (χ4v) is 2.79. The highest BCUT2D eigenvalue weighted by Gasteiger charge is 2.19. The van der Waals surface area contributed by atoms with Crippen LogP contribution < -0.4 is 5.73 Å². The lowest BCUT2D eigenvalue weighted by Crippen LogP contribution is -2.11. The molecule has 0 atom stereocenters. The van der Waals surface area contributed by atoms with Crippen LogP contribution in [0.4, 0.5) is 5.69 Å². The van der Waals surface area contributed by atoms with Crippen molar-refractivity contribution in [3.63, 3.8) is 0 Å². The molecule has 0 aliphatic heterocycles. The molecule has 0 aliphatic rings. The van der Waals surface area contributed by atoms with E-state index in [1.165, 1.54) is 16.7 Å². The highest BCUT2D eigenvalue weighted by molar-refractivity contribution is 6.33. The molecule has 2 rings (SSSR count). The number of nitrogen functional groups attached to an aromatic ring is 1. The predicted octanol–water partition coefficient (Wildman–Crippen LogP) is 4.70. The third-order valence-electron chi connectivity index (χ3n) is 4.49. The van der Waals surface area contributed by atoms with Crippen LogP contribution in [0.2, 0.25) is 5.02 Å². The molecule has 21 heavy (non-hydrogen) atoms. The highest BCUT2D eigenvalue weighted by atomic mass is 35.5. The third-order valence-corrected chi connectivity index (χ3v) is 4.83. The summed E-state index contributed by atoms with van der Waals surface area (Å²) in [5.74, 6) is -0.000401. The van der Waals surface area contributed by atoms with Gasteiger partial charge < -0.3 is 5.73 Å². The summed E-state index contributed by atoms with van der Waals surface area (Å²) in [5.41, 5.74) is 13.3. The molecule has 0 saturated carbocycles. The average Bonchev–Trinajstić information content (AvgIpc) is 2.46. The number of anilines is 1. The molecule has 0 aliphatic carbocycles. The van der Waals surface area contributed by atoms with Crippen molar-refractivity contribution in [3.8, 4) is 0 Å². The van der Waals surface area contributed by atoms with E-state index in [1.54, 1.807) is 18.2 Å². The molecule has 0 spiro atoms. The van der Waals surface area contributed by atoms with Gasteiger partial charge in [0.15, 0.2) is 5.78 Å². The van der Waals surface area contributed by atoms with Crippen LogP contribution >= 0.6 is 11.6 Å². The van der Waals surface area contributed by atoms with Gasteiger partial charge in [-0.15, -0.1) is 0 Å². The molecule has 0 amide bonds. The van der Waals surface area contributed by atoms with Gasteiger partial charge in [-0.25, -0.2) is 0 Å². The average molecular weight is 302 g/mol. The van der Waals surface area contributed by atoms with Crippen molar-refractivity contribution in [2.75, 3.05) is 5.73 Å². The Morgan fingerprint density at radius 1 is 0.905 bits per heavy atom. The summed E-state index contributed by atoms with van der Waals surface area (Å²) < 4.78 is 0. The standard InChI is InChI=1S/C18H20ClNO/c1-9-10(2)12(4)17(13(5)11(9)3)18(21)14-6-7-15(19)16(20)8-14/h6-8H,20H2,1-5H3. The minimum absolute atomic E-state index is 0.000401. The molecule has 0 heterocycles. The summed E-state index contributed by atoms with van der Waals surface area (Å²) in [7, 11) is 0. The molecule has 0 fully saturated rings. The van der Waals surface area contributed by atoms with Gasteiger partial charge in [0.25, 0.3) is 0 Å². The van der Waals surface area contributed by atoms with Crippen LogP contribution in [0.15, 0.2) is 18.2 Å². The summed E-state index contributed by atoms with van der Waals surface area (Å²) in [6, 6.07) is 5.04. The summed E-state index contributed by atoms with van der Waals surface area (Å²) in [6.07, 6.45) is 0. The zero-order chi connectivity index (χ0) is 15.9. The Hall–Kier alpha value is -1.80. The van der Waals surface area contributed by atoms with Gasteiger partial charge in [0.2, 0.25) is 0 Å². The van der Waals surface area contributed by atoms with E-state index in [2.05, 4.69) is 20.8 Å². The highest BCUT2D eigenvalue weighted by Crippen LogP contribution is 2.29. The van der Waals surface area contributed by atoms with E-state index in [0.717, 1.165) is 16.7 Å². The van der Waals surface area contributed by atoms with E-state index in [0.29, 0.717) is 16.3 Å². The zero-order valence-corrected chi connectivity index (χ0v) is 13.9. The van der Waals surface area contributed by atoms with Crippen LogP contribution in [0, 0.1) is 34.6 Å². The first kappa shape index (κ1) is 15.6. The lowest BCUT2D eigenvalue weighted by atomic mass is 9.86. The Balaban J connectivity index is 2.66. The molecule has 0 saturated heterocycles. The first-order chi connectivity index (χ1) is 9.75. The van der Waals surface area contributed by atoms with Gasteiger partial charge in [0.1, 0.15) is 0 Å². The molecule has 110 valence electrons. The second kappa shape index (κ2) is 5.53. The van der Waals surface area contributed by atoms with Crippen LogP contribution in [0.1, 0.15) is 43.7 Å². The summed E-state index contributed by atoms with van der Waals surface area (Å²) in [4.78, 5) is 12.9. The lowest BCUT2D eigenvalue weighted by Gasteiger charge is -2.18. The van der Waals surface area contributed by atoms with Gasteiger partial charge in [-0.1, -0.05) is 11.6 Å². The first-order valence-electron chi connectivity index (χ1n) is 6.92. The van der Waals surface area contributed by atoms with Crippen LogP contribution in [-0.2, 0) is 0 Å². The van der Waals surface area contributed by atoms with Gasteiger partial charge in [0, 0.05) is 11.1 Å². The normalized spacial score (nSPS) is 10.8. The molecular formula is C18H20ClNO. The molecule has 2 nitrogen and oxygen atoms in total. The Bertz CT molecular complexity index is 718. The molecular weight excluding hydrogens is 282 g/mol. The van der Waals surface area contributed by atoms with Gasteiger partial charge >= 0.3 is 0 Å². The molecule has 2 aromatic rings. The number of carbonyl (C=O) groups is 1. The fraction of sp³-hybridized carbons (Fsp3) is 0.278. The maximum Gasteiger partial charge on any atom is 0.193 e. The van der Waals surface area contributed by atoms with Crippen molar-refractivity contribution in [1.82, 2.24) is 0 Å². The first-order valence-corrected chi connectivity index (χ1v) is 7.30. The molecule has 0 unspecified atom stereocenters. The molecule has 0 bridgehead atoms. The number of carbonyl (C=O) groups excluding carboxylic acids is 1. The van der Waals surface area contributed by atoms with Crippen LogP contribution in [0.25, 0.3) is 0 Å².